The number of carbonyl (C=O) groups is 3. The van der Waals surface area contributed by atoms with E-state index in [1.54, 1.807) is 12.1 Å². The van der Waals surface area contributed by atoms with Crippen LogP contribution in [-0.2, 0) is 14.3 Å². The molecular weight excluding hydrogens is 519 g/mol. The fourth-order valence-corrected chi connectivity index (χ4v) is 3.18. The Labute approximate surface area is 191 Å². The zero-order valence-corrected chi connectivity index (χ0v) is 18.6. The molecule has 31 heavy (non-hydrogen) atoms. The summed E-state index contributed by atoms with van der Waals surface area (Å²) in [6, 6.07) is 10.7. The van der Waals surface area contributed by atoms with Crippen LogP contribution >= 0.6 is 22.6 Å². The van der Waals surface area contributed by atoms with E-state index in [0.717, 1.165) is 0 Å². The summed E-state index contributed by atoms with van der Waals surface area (Å²) in [5.74, 6) is -1.78. The molecule has 0 aliphatic carbocycles. The summed E-state index contributed by atoms with van der Waals surface area (Å²) in [7, 11) is 2.66. The van der Waals surface area contributed by atoms with E-state index in [1.165, 1.54) is 44.6 Å². The Balaban J connectivity index is 2.29. The first-order valence-electron chi connectivity index (χ1n) is 8.62. The third-order valence-corrected chi connectivity index (χ3v) is 4.66. The van der Waals surface area contributed by atoms with E-state index < -0.39 is 17.8 Å². The van der Waals surface area contributed by atoms with Crippen LogP contribution in [0.15, 0.2) is 42.0 Å². The number of aromatic carboxylic acids is 1. The summed E-state index contributed by atoms with van der Waals surface area (Å²) in [5, 5.41) is 21.0. The minimum atomic E-state index is -1.14. The minimum Gasteiger partial charge on any atom is -0.493 e. The number of esters is 1. The summed E-state index contributed by atoms with van der Waals surface area (Å²) in [5.41, 5.74) is 0.520. The van der Waals surface area contributed by atoms with Crippen molar-refractivity contribution in [2.75, 3.05) is 26.1 Å². The van der Waals surface area contributed by atoms with Crippen molar-refractivity contribution in [1.82, 2.24) is 0 Å². The highest BCUT2D eigenvalue weighted by Crippen LogP contribution is 2.34. The van der Waals surface area contributed by atoms with Crippen LogP contribution in [-0.4, -0.2) is 43.8 Å². The van der Waals surface area contributed by atoms with E-state index in [-0.39, 0.29) is 23.4 Å². The molecule has 0 aliphatic heterocycles. The quantitative estimate of drug-likeness (QED) is 0.228. The summed E-state index contributed by atoms with van der Waals surface area (Å²) < 4.78 is 15.8. The second-order valence-corrected chi connectivity index (χ2v) is 7.07. The summed E-state index contributed by atoms with van der Waals surface area (Å²) in [6.45, 7) is -0.306. The monoisotopic (exact) mass is 536 g/mol. The van der Waals surface area contributed by atoms with Gasteiger partial charge in [-0.3, -0.25) is 4.79 Å². The SMILES string of the molecule is COC(=O)COc1c(I)cc(/C=C(/C#N)C(=O)Nc2cccc(C(=O)O)c2)cc1OC. The molecule has 0 aromatic heterocycles. The number of carbonyl (C=O) groups excluding carboxylic acids is 2. The standard InChI is InChI=1S/C21H17IN2O7/c1-29-17-8-12(7-16(22)19(17)31-11-18(25)30-2)6-14(10-23)20(26)24-15-5-3-4-13(9-15)21(27)28/h3-9H,11H2,1-2H3,(H,24,26)(H,27,28)/b14-6-. The number of nitrogens with one attached hydrogen (secondary N) is 1. The van der Waals surface area contributed by atoms with Gasteiger partial charge < -0.3 is 24.6 Å². The Morgan fingerprint density at radius 2 is 1.97 bits per heavy atom. The molecule has 0 heterocycles. The number of nitrogens with zero attached hydrogens (tertiary/aromatic N) is 1. The van der Waals surface area contributed by atoms with Crippen LogP contribution in [0.25, 0.3) is 6.08 Å². The Kier molecular flexibility index (Phi) is 8.39. The van der Waals surface area contributed by atoms with Crippen molar-refractivity contribution < 1.29 is 33.7 Å². The largest absolute Gasteiger partial charge is 0.493 e. The molecule has 0 radical (unpaired) electrons. The van der Waals surface area contributed by atoms with Crippen LogP contribution in [0.5, 0.6) is 11.5 Å². The molecule has 2 aromatic rings. The summed E-state index contributed by atoms with van der Waals surface area (Å²) >= 11 is 1.97. The van der Waals surface area contributed by atoms with Crippen molar-refractivity contribution in [2.45, 2.75) is 0 Å². The Hall–Kier alpha value is -3.59. The predicted octanol–water partition coefficient (Wildman–Crippen LogP) is 3.10. The molecule has 160 valence electrons. The molecule has 9 nitrogen and oxygen atoms in total. The van der Waals surface area contributed by atoms with Crippen molar-refractivity contribution in [3.05, 3.63) is 56.7 Å². The topological polar surface area (TPSA) is 135 Å². The molecule has 2 rings (SSSR count). The first-order chi connectivity index (χ1) is 14.8. The van der Waals surface area contributed by atoms with Gasteiger partial charge >= 0.3 is 11.9 Å². The van der Waals surface area contributed by atoms with Crippen molar-refractivity contribution in [3.8, 4) is 17.6 Å². The van der Waals surface area contributed by atoms with Crippen LogP contribution < -0.4 is 14.8 Å². The van der Waals surface area contributed by atoms with Crippen LogP contribution in [0, 0.1) is 14.9 Å². The molecule has 0 spiro atoms. The third-order valence-electron chi connectivity index (χ3n) is 3.86. The molecule has 0 fully saturated rings. The van der Waals surface area contributed by atoms with E-state index in [1.807, 2.05) is 28.7 Å². The summed E-state index contributed by atoms with van der Waals surface area (Å²) in [6.07, 6.45) is 1.35. The van der Waals surface area contributed by atoms with Crippen molar-refractivity contribution in [1.29, 1.82) is 5.26 Å². The minimum absolute atomic E-state index is 0.00196. The van der Waals surface area contributed by atoms with Crippen LogP contribution in [0.2, 0.25) is 0 Å². The highest BCUT2D eigenvalue weighted by Gasteiger charge is 2.15. The molecule has 10 heteroatoms. The van der Waals surface area contributed by atoms with Crippen molar-refractivity contribution in [3.63, 3.8) is 0 Å². The molecule has 0 saturated carbocycles. The molecule has 0 atom stereocenters. The number of carboxylic acids is 1. The second-order valence-electron chi connectivity index (χ2n) is 5.91. The Morgan fingerprint density at radius 1 is 1.23 bits per heavy atom. The number of nitriles is 1. The number of carboxylic acid groups (broad SMARTS) is 1. The second kappa shape index (κ2) is 11.0. The normalized spacial score (nSPS) is 10.6. The average Bonchev–Trinajstić information content (AvgIpc) is 2.76. The van der Waals surface area contributed by atoms with E-state index in [4.69, 9.17) is 14.6 Å². The number of halogens is 1. The van der Waals surface area contributed by atoms with Gasteiger partial charge in [0.1, 0.15) is 11.6 Å². The number of hydrogen-bond donors (Lipinski definition) is 2. The average molecular weight is 536 g/mol. The van der Waals surface area contributed by atoms with Gasteiger partial charge in [-0.1, -0.05) is 6.07 Å². The van der Waals surface area contributed by atoms with Crippen LogP contribution in [0.4, 0.5) is 5.69 Å². The Morgan fingerprint density at radius 3 is 2.58 bits per heavy atom. The lowest BCUT2D eigenvalue weighted by atomic mass is 10.1. The summed E-state index contributed by atoms with van der Waals surface area (Å²) in [4.78, 5) is 34.9. The van der Waals surface area contributed by atoms with Crippen LogP contribution in [0.1, 0.15) is 15.9 Å². The molecule has 0 unspecified atom stereocenters. The highest BCUT2D eigenvalue weighted by molar-refractivity contribution is 14.1. The van der Waals surface area contributed by atoms with Gasteiger partial charge in [-0.25, -0.2) is 9.59 Å². The maximum absolute atomic E-state index is 12.5. The zero-order chi connectivity index (χ0) is 23.0. The van der Waals surface area contributed by atoms with Gasteiger partial charge in [0, 0.05) is 5.69 Å². The fraction of sp³-hybridized carbons (Fsp3) is 0.143. The van der Waals surface area contributed by atoms with E-state index in [0.29, 0.717) is 20.6 Å². The zero-order valence-electron chi connectivity index (χ0n) is 16.5. The lowest BCUT2D eigenvalue weighted by molar-refractivity contribution is -0.143. The lowest BCUT2D eigenvalue weighted by Gasteiger charge is -2.13. The number of anilines is 1. The fourth-order valence-electron chi connectivity index (χ4n) is 2.40. The van der Waals surface area contributed by atoms with Crippen LogP contribution in [0.3, 0.4) is 0 Å². The van der Waals surface area contributed by atoms with Gasteiger partial charge in [0.2, 0.25) is 0 Å². The number of rotatable bonds is 8. The predicted molar refractivity (Wildman–Crippen MR) is 119 cm³/mol. The highest BCUT2D eigenvalue weighted by atomic mass is 127. The van der Waals surface area contributed by atoms with Gasteiger partial charge in [0.05, 0.1) is 23.4 Å². The van der Waals surface area contributed by atoms with Gasteiger partial charge in [-0.05, 0) is 64.6 Å². The molecule has 1 amide bonds. The van der Waals surface area contributed by atoms with Crippen molar-refractivity contribution >= 4 is 52.2 Å². The van der Waals surface area contributed by atoms with Gasteiger partial charge in [-0.2, -0.15) is 5.26 Å². The number of methoxy groups -OCH3 is 2. The van der Waals surface area contributed by atoms with E-state index in [2.05, 4.69) is 10.1 Å². The van der Waals surface area contributed by atoms with E-state index in [9.17, 15) is 19.6 Å². The maximum Gasteiger partial charge on any atom is 0.343 e. The first-order valence-corrected chi connectivity index (χ1v) is 9.70. The molecule has 0 saturated heterocycles. The van der Waals surface area contributed by atoms with Crippen molar-refractivity contribution in [2.24, 2.45) is 0 Å². The molecule has 2 aromatic carbocycles. The number of ether oxygens (including phenoxy) is 3. The lowest BCUT2D eigenvalue weighted by Crippen LogP contribution is -2.14. The third kappa shape index (κ3) is 6.45. The molecule has 0 aliphatic rings. The first kappa shape index (κ1) is 23.7. The number of hydrogen-bond acceptors (Lipinski definition) is 7. The Bertz CT molecular complexity index is 1090. The smallest absolute Gasteiger partial charge is 0.343 e. The van der Waals surface area contributed by atoms with Gasteiger partial charge in [0.15, 0.2) is 18.1 Å². The maximum atomic E-state index is 12.5. The van der Waals surface area contributed by atoms with E-state index >= 15 is 0 Å². The van der Waals surface area contributed by atoms with Gasteiger partial charge in [-0.15, -0.1) is 0 Å². The van der Waals surface area contributed by atoms with Gasteiger partial charge in [0.25, 0.3) is 5.91 Å². The molecule has 2 N–H and O–H groups in total. The molecular formula is C21H17IN2O7. The number of amides is 1. The number of benzene rings is 2. The molecule has 0 bridgehead atoms.